The third-order valence-electron chi connectivity index (χ3n) is 2.05. The van der Waals surface area contributed by atoms with Gasteiger partial charge in [0.25, 0.3) is 0 Å². The monoisotopic (exact) mass is 244 g/mol. The van der Waals surface area contributed by atoms with E-state index < -0.39 is 0 Å². The van der Waals surface area contributed by atoms with Crippen LogP contribution in [-0.4, -0.2) is 38.8 Å². The summed E-state index contributed by atoms with van der Waals surface area (Å²) in [6, 6.07) is 0.429. The van der Waals surface area contributed by atoms with Gasteiger partial charge in [0.1, 0.15) is 0 Å². The maximum Gasteiger partial charge on any atom is 0.305 e. The Kier molecular flexibility index (Phi) is 11.2. The molecule has 0 amide bonds. The molecule has 0 aliphatic carbocycles. The molecule has 1 fully saturated rings. The Labute approximate surface area is 97.0 Å². The van der Waals surface area contributed by atoms with Gasteiger partial charge >= 0.3 is 5.97 Å². The van der Waals surface area contributed by atoms with Crippen molar-refractivity contribution in [1.29, 1.82) is 0 Å². The quantitative estimate of drug-likeness (QED) is 0.704. The predicted octanol–water partition coefficient (Wildman–Crippen LogP) is 0.345. The standard InChI is InChI=1S/C8H16N2O2.2ClH/c1-12-8(11)3-2-7-6-9-4-5-10-7;;/h7,9-10H,2-6H2,1H3;2*1H. The normalized spacial score (nSPS) is 20.2. The van der Waals surface area contributed by atoms with Gasteiger partial charge in [-0.05, 0) is 6.42 Å². The Morgan fingerprint density at radius 2 is 2.14 bits per heavy atom. The van der Waals surface area contributed by atoms with Crippen molar-refractivity contribution in [2.45, 2.75) is 18.9 Å². The second-order valence-electron chi connectivity index (χ2n) is 2.97. The van der Waals surface area contributed by atoms with E-state index >= 15 is 0 Å². The minimum Gasteiger partial charge on any atom is -0.469 e. The summed E-state index contributed by atoms with van der Waals surface area (Å²) in [5.74, 6) is -0.123. The van der Waals surface area contributed by atoms with Crippen molar-refractivity contribution in [1.82, 2.24) is 10.6 Å². The molecule has 0 spiro atoms. The summed E-state index contributed by atoms with van der Waals surface area (Å²) in [7, 11) is 1.43. The van der Waals surface area contributed by atoms with Crippen LogP contribution in [0.5, 0.6) is 0 Å². The fourth-order valence-corrected chi connectivity index (χ4v) is 1.31. The maximum absolute atomic E-state index is 10.8. The molecule has 1 aliphatic rings. The van der Waals surface area contributed by atoms with Gasteiger partial charge in [-0.15, -0.1) is 24.8 Å². The number of esters is 1. The minimum atomic E-state index is -0.123. The summed E-state index contributed by atoms with van der Waals surface area (Å²) in [4.78, 5) is 10.8. The number of carbonyl (C=O) groups is 1. The first-order valence-electron chi connectivity index (χ1n) is 4.34. The van der Waals surface area contributed by atoms with Crippen LogP contribution < -0.4 is 10.6 Å². The third-order valence-corrected chi connectivity index (χ3v) is 2.05. The average Bonchev–Trinajstić information content (AvgIpc) is 2.16. The molecule has 4 nitrogen and oxygen atoms in total. The largest absolute Gasteiger partial charge is 0.469 e. The molecule has 6 heteroatoms. The van der Waals surface area contributed by atoms with Gasteiger partial charge in [0.2, 0.25) is 0 Å². The van der Waals surface area contributed by atoms with Gasteiger partial charge in [0.05, 0.1) is 7.11 Å². The first-order valence-corrected chi connectivity index (χ1v) is 4.34. The molecule has 0 aromatic heterocycles. The van der Waals surface area contributed by atoms with Crippen LogP contribution in [0.2, 0.25) is 0 Å². The summed E-state index contributed by atoms with van der Waals surface area (Å²) in [6.45, 7) is 2.97. The van der Waals surface area contributed by atoms with E-state index in [1.165, 1.54) is 7.11 Å². The predicted molar refractivity (Wildman–Crippen MR) is 60.4 cm³/mol. The molecule has 0 saturated carbocycles. The van der Waals surface area contributed by atoms with Gasteiger partial charge in [-0.2, -0.15) is 0 Å². The Hall–Kier alpha value is -0.0300. The SMILES string of the molecule is COC(=O)CCC1CNCCN1.Cl.Cl. The van der Waals surface area contributed by atoms with E-state index in [0.29, 0.717) is 12.5 Å². The second-order valence-corrected chi connectivity index (χ2v) is 2.97. The van der Waals surface area contributed by atoms with Crippen LogP contribution >= 0.6 is 24.8 Å². The highest BCUT2D eigenvalue weighted by atomic mass is 35.5. The Balaban J connectivity index is 0. The molecular formula is C8H18Cl2N2O2. The fraction of sp³-hybridized carbons (Fsp3) is 0.875. The van der Waals surface area contributed by atoms with Crippen molar-refractivity contribution < 1.29 is 9.53 Å². The number of nitrogens with one attached hydrogen (secondary N) is 2. The van der Waals surface area contributed by atoms with Crippen molar-refractivity contribution in [2.24, 2.45) is 0 Å². The van der Waals surface area contributed by atoms with Crippen LogP contribution in [0.4, 0.5) is 0 Å². The van der Waals surface area contributed by atoms with Gasteiger partial charge in [-0.1, -0.05) is 0 Å². The molecule has 0 bridgehead atoms. The van der Waals surface area contributed by atoms with Crippen molar-refractivity contribution in [3.8, 4) is 0 Å². The molecule has 0 aromatic rings. The average molecular weight is 245 g/mol. The molecule has 0 aromatic carbocycles. The number of rotatable bonds is 3. The van der Waals surface area contributed by atoms with Crippen LogP contribution in [0.1, 0.15) is 12.8 Å². The minimum absolute atomic E-state index is 0. The van der Waals surface area contributed by atoms with Crippen molar-refractivity contribution >= 4 is 30.8 Å². The summed E-state index contributed by atoms with van der Waals surface area (Å²) in [6.07, 6.45) is 1.37. The van der Waals surface area contributed by atoms with Crippen LogP contribution in [0.25, 0.3) is 0 Å². The number of halogens is 2. The van der Waals surface area contributed by atoms with Gasteiger partial charge in [-0.25, -0.2) is 0 Å². The Morgan fingerprint density at radius 3 is 2.64 bits per heavy atom. The molecule has 1 saturated heterocycles. The molecule has 0 radical (unpaired) electrons. The number of carbonyl (C=O) groups excluding carboxylic acids is 1. The summed E-state index contributed by atoms with van der Waals surface area (Å²) >= 11 is 0. The molecule has 2 N–H and O–H groups in total. The summed E-state index contributed by atoms with van der Waals surface area (Å²) in [5, 5.41) is 6.59. The van der Waals surface area contributed by atoms with E-state index in [1.54, 1.807) is 0 Å². The molecule has 14 heavy (non-hydrogen) atoms. The van der Waals surface area contributed by atoms with Crippen LogP contribution in [0, 0.1) is 0 Å². The highest BCUT2D eigenvalue weighted by Crippen LogP contribution is 1.99. The van der Waals surface area contributed by atoms with E-state index in [9.17, 15) is 4.79 Å². The van der Waals surface area contributed by atoms with Crippen LogP contribution in [0.3, 0.4) is 0 Å². The highest BCUT2D eigenvalue weighted by Gasteiger charge is 2.13. The van der Waals surface area contributed by atoms with Crippen LogP contribution in [-0.2, 0) is 9.53 Å². The topological polar surface area (TPSA) is 50.4 Å². The lowest BCUT2D eigenvalue weighted by atomic mass is 10.1. The molecule has 1 unspecified atom stereocenters. The van der Waals surface area contributed by atoms with Crippen molar-refractivity contribution in [2.75, 3.05) is 26.7 Å². The van der Waals surface area contributed by atoms with Gasteiger partial charge < -0.3 is 15.4 Å². The third kappa shape index (κ3) is 6.43. The molecule has 1 heterocycles. The molecule has 86 valence electrons. The smallest absolute Gasteiger partial charge is 0.305 e. The van der Waals surface area contributed by atoms with E-state index in [4.69, 9.17) is 0 Å². The second kappa shape index (κ2) is 9.52. The summed E-state index contributed by atoms with van der Waals surface area (Å²) < 4.78 is 4.55. The lowest BCUT2D eigenvalue weighted by Gasteiger charge is -2.23. The van der Waals surface area contributed by atoms with E-state index in [2.05, 4.69) is 15.4 Å². The molecule has 1 rings (SSSR count). The first-order chi connectivity index (χ1) is 5.83. The van der Waals surface area contributed by atoms with E-state index in [-0.39, 0.29) is 30.8 Å². The van der Waals surface area contributed by atoms with Crippen molar-refractivity contribution in [3.05, 3.63) is 0 Å². The number of hydrogen-bond donors (Lipinski definition) is 2. The Bertz CT molecular complexity index is 152. The number of ether oxygens (including phenoxy) is 1. The molecule has 1 atom stereocenters. The van der Waals surface area contributed by atoms with Crippen molar-refractivity contribution in [3.63, 3.8) is 0 Å². The highest BCUT2D eigenvalue weighted by molar-refractivity contribution is 5.85. The fourth-order valence-electron chi connectivity index (χ4n) is 1.31. The van der Waals surface area contributed by atoms with Crippen LogP contribution in [0.15, 0.2) is 0 Å². The van der Waals surface area contributed by atoms with Gasteiger partial charge in [0.15, 0.2) is 0 Å². The lowest BCUT2D eigenvalue weighted by Crippen LogP contribution is -2.48. The van der Waals surface area contributed by atoms with E-state index in [0.717, 1.165) is 26.1 Å². The Morgan fingerprint density at radius 1 is 1.43 bits per heavy atom. The lowest BCUT2D eigenvalue weighted by molar-refractivity contribution is -0.140. The zero-order chi connectivity index (χ0) is 8.81. The zero-order valence-electron chi connectivity index (χ0n) is 8.25. The first kappa shape index (κ1) is 16.4. The molecular weight excluding hydrogens is 227 g/mol. The number of methoxy groups -OCH3 is 1. The zero-order valence-corrected chi connectivity index (χ0v) is 9.88. The maximum atomic E-state index is 10.8. The van der Waals surface area contributed by atoms with Gasteiger partial charge in [0, 0.05) is 32.1 Å². The van der Waals surface area contributed by atoms with Gasteiger partial charge in [-0.3, -0.25) is 4.79 Å². The summed E-state index contributed by atoms with van der Waals surface area (Å²) in [5.41, 5.74) is 0. The molecule has 1 aliphatic heterocycles. The number of hydrogen-bond acceptors (Lipinski definition) is 4. The number of piperazine rings is 1. The van der Waals surface area contributed by atoms with E-state index in [1.807, 2.05) is 0 Å².